The van der Waals surface area contributed by atoms with Crippen molar-refractivity contribution in [3.05, 3.63) is 108 Å². The van der Waals surface area contributed by atoms with Gasteiger partial charge in [0, 0.05) is 12.5 Å². The molecule has 0 fully saturated rings. The molecule has 1 atom stereocenters. The molecule has 0 aromatic heterocycles. The Balaban J connectivity index is 1.54. The minimum absolute atomic E-state index is 0.359. The summed E-state index contributed by atoms with van der Waals surface area (Å²) in [6.07, 6.45) is 3.48. The van der Waals surface area contributed by atoms with Crippen LogP contribution in [-0.2, 0) is 27.4 Å². The lowest BCUT2D eigenvalue weighted by molar-refractivity contribution is -0.144. The first-order valence-corrected chi connectivity index (χ1v) is 10.0. The van der Waals surface area contributed by atoms with Crippen LogP contribution >= 0.6 is 0 Å². The van der Waals surface area contributed by atoms with Crippen molar-refractivity contribution in [2.75, 3.05) is 7.11 Å². The molecule has 0 heterocycles. The summed E-state index contributed by atoms with van der Waals surface area (Å²) in [6.45, 7) is 0.467. The van der Waals surface area contributed by atoms with Crippen molar-refractivity contribution >= 4 is 18.0 Å². The first kappa shape index (κ1) is 21.8. The molecule has 3 rings (SSSR count). The number of para-hydroxylation sites is 1. The van der Waals surface area contributed by atoms with Gasteiger partial charge in [-0.15, -0.1) is 0 Å². The maximum Gasteiger partial charge on any atom is 0.328 e. The molecule has 3 aromatic carbocycles. The summed E-state index contributed by atoms with van der Waals surface area (Å²) in [5.74, 6) is -0.0185. The van der Waals surface area contributed by atoms with Crippen LogP contribution < -0.4 is 10.1 Å². The van der Waals surface area contributed by atoms with Gasteiger partial charge >= 0.3 is 5.97 Å². The van der Waals surface area contributed by atoms with E-state index in [1.54, 1.807) is 6.08 Å². The van der Waals surface area contributed by atoms with E-state index in [1.165, 1.54) is 13.2 Å². The number of hydrogen-bond donors (Lipinski definition) is 1. The molecule has 0 unspecified atom stereocenters. The lowest BCUT2D eigenvalue weighted by Gasteiger charge is -2.15. The SMILES string of the molecule is COC(=O)[C@H](Cc1ccccc1)NC(=O)/C=C/c1ccc(COc2ccccc2)cc1. The van der Waals surface area contributed by atoms with Gasteiger partial charge in [0.05, 0.1) is 7.11 Å². The van der Waals surface area contributed by atoms with E-state index in [0.29, 0.717) is 13.0 Å². The zero-order chi connectivity index (χ0) is 21.9. The van der Waals surface area contributed by atoms with Crippen molar-refractivity contribution in [1.82, 2.24) is 5.32 Å². The number of benzene rings is 3. The molecular formula is C26H25NO4. The maximum absolute atomic E-state index is 12.3. The Morgan fingerprint density at radius 3 is 2.16 bits per heavy atom. The summed E-state index contributed by atoms with van der Waals surface area (Å²) in [4.78, 5) is 24.4. The van der Waals surface area contributed by atoms with Gasteiger partial charge in [0.15, 0.2) is 0 Å². The van der Waals surface area contributed by atoms with Crippen LogP contribution in [0, 0.1) is 0 Å². The van der Waals surface area contributed by atoms with Crippen LogP contribution in [0.5, 0.6) is 5.75 Å². The van der Waals surface area contributed by atoms with E-state index in [2.05, 4.69) is 5.32 Å². The fourth-order valence-electron chi connectivity index (χ4n) is 2.99. The highest BCUT2D eigenvalue weighted by atomic mass is 16.5. The number of carbonyl (C=O) groups is 2. The average molecular weight is 415 g/mol. The lowest BCUT2D eigenvalue weighted by atomic mass is 10.1. The smallest absolute Gasteiger partial charge is 0.328 e. The molecule has 0 saturated heterocycles. The monoisotopic (exact) mass is 415 g/mol. The second-order valence-corrected chi connectivity index (χ2v) is 6.95. The summed E-state index contributed by atoms with van der Waals surface area (Å²) in [5, 5.41) is 2.72. The van der Waals surface area contributed by atoms with Gasteiger partial charge in [0.2, 0.25) is 5.91 Å². The van der Waals surface area contributed by atoms with Crippen LogP contribution in [0.25, 0.3) is 6.08 Å². The number of ether oxygens (including phenoxy) is 2. The van der Waals surface area contributed by atoms with Gasteiger partial charge in [-0.1, -0.05) is 72.8 Å². The van der Waals surface area contributed by atoms with E-state index < -0.39 is 12.0 Å². The molecule has 158 valence electrons. The zero-order valence-electron chi connectivity index (χ0n) is 17.4. The van der Waals surface area contributed by atoms with E-state index in [1.807, 2.05) is 84.9 Å². The molecule has 0 aliphatic carbocycles. The molecule has 0 aliphatic rings. The number of nitrogens with one attached hydrogen (secondary N) is 1. The normalized spacial score (nSPS) is 11.6. The molecule has 5 nitrogen and oxygen atoms in total. The summed E-state index contributed by atoms with van der Waals surface area (Å²) < 4.78 is 10.6. The Hall–Kier alpha value is -3.86. The third-order valence-electron chi connectivity index (χ3n) is 4.64. The second-order valence-electron chi connectivity index (χ2n) is 6.95. The van der Waals surface area contributed by atoms with Crippen molar-refractivity contribution in [2.45, 2.75) is 19.1 Å². The molecule has 0 saturated carbocycles. The van der Waals surface area contributed by atoms with Crippen LogP contribution in [0.3, 0.4) is 0 Å². The Labute approximate surface area is 182 Å². The third-order valence-corrected chi connectivity index (χ3v) is 4.64. The van der Waals surface area contributed by atoms with Crippen molar-refractivity contribution < 1.29 is 19.1 Å². The summed E-state index contributed by atoms with van der Waals surface area (Å²) in [6, 6.07) is 26.1. The van der Waals surface area contributed by atoms with Gasteiger partial charge in [-0.3, -0.25) is 4.79 Å². The first-order valence-electron chi connectivity index (χ1n) is 10.0. The molecule has 0 spiro atoms. The Morgan fingerprint density at radius 2 is 1.52 bits per heavy atom. The van der Waals surface area contributed by atoms with E-state index in [4.69, 9.17) is 9.47 Å². The van der Waals surface area contributed by atoms with Gasteiger partial charge in [-0.05, 0) is 34.9 Å². The fourth-order valence-corrected chi connectivity index (χ4v) is 2.99. The molecule has 1 amide bonds. The van der Waals surface area contributed by atoms with Crippen LogP contribution in [0.15, 0.2) is 91.0 Å². The highest BCUT2D eigenvalue weighted by Crippen LogP contribution is 2.13. The Morgan fingerprint density at radius 1 is 0.871 bits per heavy atom. The summed E-state index contributed by atoms with van der Waals surface area (Å²) in [7, 11) is 1.31. The number of carbonyl (C=O) groups excluding carboxylic acids is 2. The predicted octanol–water partition coefficient (Wildman–Crippen LogP) is 4.18. The Kier molecular flexibility index (Phi) is 8.00. The van der Waals surface area contributed by atoms with Crippen LogP contribution in [0.2, 0.25) is 0 Å². The fraction of sp³-hybridized carbons (Fsp3) is 0.154. The standard InChI is InChI=1S/C26H25NO4/c1-30-26(29)24(18-21-8-4-2-5-9-21)27-25(28)17-16-20-12-14-22(15-13-20)19-31-23-10-6-3-7-11-23/h2-17,24H,18-19H2,1H3,(H,27,28)/b17-16+/t24-/m0/s1. The summed E-state index contributed by atoms with van der Waals surface area (Å²) >= 11 is 0. The van der Waals surface area contributed by atoms with Crippen LogP contribution in [0.4, 0.5) is 0 Å². The molecule has 0 radical (unpaired) electrons. The van der Waals surface area contributed by atoms with Gasteiger partial charge in [-0.25, -0.2) is 4.79 Å². The third kappa shape index (κ3) is 7.16. The molecule has 0 aliphatic heterocycles. The van der Waals surface area contributed by atoms with Gasteiger partial charge < -0.3 is 14.8 Å². The molecular weight excluding hydrogens is 390 g/mol. The van der Waals surface area contributed by atoms with E-state index >= 15 is 0 Å². The largest absolute Gasteiger partial charge is 0.489 e. The molecule has 3 aromatic rings. The molecule has 31 heavy (non-hydrogen) atoms. The number of amides is 1. The van der Waals surface area contributed by atoms with Crippen molar-refractivity contribution in [1.29, 1.82) is 0 Å². The zero-order valence-corrected chi connectivity index (χ0v) is 17.4. The van der Waals surface area contributed by atoms with E-state index in [9.17, 15) is 9.59 Å². The van der Waals surface area contributed by atoms with E-state index in [0.717, 1.165) is 22.4 Å². The quantitative estimate of drug-likeness (QED) is 0.421. The number of rotatable bonds is 9. The summed E-state index contributed by atoms with van der Waals surface area (Å²) in [5.41, 5.74) is 2.84. The number of methoxy groups -OCH3 is 1. The molecule has 0 bridgehead atoms. The minimum atomic E-state index is -0.748. The highest BCUT2D eigenvalue weighted by molar-refractivity contribution is 5.94. The minimum Gasteiger partial charge on any atom is -0.489 e. The lowest BCUT2D eigenvalue weighted by Crippen LogP contribution is -2.42. The second kappa shape index (κ2) is 11.4. The maximum atomic E-state index is 12.3. The highest BCUT2D eigenvalue weighted by Gasteiger charge is 2.20. The van der Waals surface area contributed by atoms with Gasteiger partial charge in [0.1, 0.15) is 18.4 Å². The van der Waals surface area contributed by atoms with Crippen LogP contribution in [0.1, 0.15) is 16.7 Å². The predicted molar refractivity (Wildman–Crippen MR) is 120 cm³/mol. The topological polar surface area (TPSA) is 64.6 Å². The first-order chi connectivity index (χ1) is 15.1. The Bertz CT molecular complexity index is 999. The molecule has 5 heteroatoms. The number of esters is 1. The average Bonchev–Trinajstić information content (AvgIpc) is 2.82. The van der Waals surface area contributed by atoms with Gasteiger partial charge in [0.25, 0.3) is 0 Å². The van der Waals surface area contributed by atoms with Crippen molar-refractivity contribution in [3.8, 4) is 5.75 Å². The number of hydrogen-bond acceptors (Lipinski definition) is 4. The van der Waals surface area contributed by atoms with Crippen molar-refractivity contribution in [3.63, 3.8) is 0 Å². The van der Waals surface area contributed by atoms with E-state index in [-0.39, 0.29) is 5.91 Å². The van der Waals surface area contributed by atoms with Gasteiger partial charge in [-0.2, -0.15) is 0 Å². The van der Waals surface area contributed by atoms with Crippen molar-refractivity contribution in [2.24, 2.45) is 0 Å². The molecule has 1 N–H and O–H groups in total. The van der Waals surface area contributed by atoms with Crippen LogP contribution in [-0.4, -0.2) is 25.0 Å².